The van der Waals surface area contributed by atoms with E-state index in [9.17, 15) is 9.90 Å². The van der Waals surface area contributed by atoms with Gasteiger partial charge in [-0.25, -0.2) is 4.79 Å². The predicted molar refractivity (Wildman–Crippen MR) is 72.7 cm³/mol. The van der Waals surface area contributed by atoms with Crippen molar-refractivity contribution < 1.29 is 19.4 Å². The zero-order chi connectivity index (χ0) is 14.2. The molecule has 0 saturated carbocycles. The fourth-order valence-corrected chi connectivity index (χ4v) is 2.79. The summed E-state index contributed by atoms with van der Waals surface area (Å²) in [5.41, 5.74) is -0.000241. The van der Waals surface area contributed by atoms with Gasteiger partial charge in [0.05, 0.1) is 6.26 Å². The van der Waals surface area contributed by atoms with Crippen LogP contribution in [0, 0.1) is 0 Å². The average Bonchev–Trinajstić information content (AvgIpc) is 2.96. The van der Waals surface area contributed by atoms with Crippen molar-refractivity contribution in [1.29, 1.82) is 0 Å². The lowest BCUT2D eigenvalue weighted by Gasteiger charge is -2.15. The number of carboxylic acid groups (broad SMARTS) is 1. The largest absolute Gasteiger partial charge is 0.478 e. The highest BCUT2D eigenvalue weighted by Gasteiger charge is 2.25. The Labute approximate surface area is 115 Å². The Morgan fingerprint density at radius 2 is 2.00 bits per heavy atom. The number of furan rings is 1. The number of aliphatic hydroxyl groups is 1. The predicted octanol–water partition coefficient (Wildman–Crippen LogP) is 3.42. The van der Waals surface area contributed by atoms with Crippen molar-refractivity contribution in [2.24, 2.45) is 0 Å². The molecule has 2 heterocycles. The molecule has 4 nitrogen and oxygen atoms in total. The summed E-state index contributed by atoms with van der Waals surface area (Å²) in [6.45, 7) is 6.26. The molecule has 0 radical (unpaired) electrons. The van der Waals surface area contributed by atoms with Gasteiger partial charge in [0, 0.05) is 9.75 Å². The highest BCUT2D eigenvalue weighted by Crippen LogP contribution is 2.35. The average molecular weight is 280 g/mol. The Bertz CT molecular complexity index is 589. The standard InChI is InChI=1S/C14H16O4S/c1-14(2,3)10-5-4-9(19-10)11(15)12-8(13(16)17)6-7-18-12/h4-7,11,15H,1-3H3,(H,16,17). The van der Waals surface area contributed by atoms with Gasteiger partial charge in [0.15, 0.2) is 5.76 Å². The highest BCUT2D eigenvalue weighted by molar-refractivity contribution is 7.12. The van der Waals surface area contributed by atoms with Crippen LogP contribution in [0.4, 0.5) is 0 Å². The van der Waals surface area contributed by atoms with Gasteiger partial charge < -0.3 is 14.6 Å². The summed E-state index contributed by atoms with van der Waals surface area (Å²) in [7, 11) is 0. The summed E-state index contributed by atoms with van der Waals surface area (Å²) >= 11 is 1.46. The summed E-state index contributed by atoms with van der Waals surface area (Å²) < 4.78 is 5.11. The maximum atomic E-state index is 11.0. The molecule has 0 aliphatic heterocycles. The summed E-state index contributed by atoms with van der Waals surface area (Å²) in [5, 5.41) is 19.3. The number of rotatable bonds is 3. The number of aromatic carboxylic acids is 1. The monoisotopic (exact) mass is 280 g/mol. The van der Waals surface area contributed by atoms with E-state index in [2.05, 4.69) is 20.8 Å². The number of thiophene rings is 1. The first kappa shape index (κ1) is 13.8. The molecule has 102 valence electrons. The van der Waals surface area contributed by atoms with E-state index in [0.29, 0.717) is 4.88 Å². The molecule has 0 bridgehead atoms. The van der Waals surface area contributed by atoms with E-state index in [1.807, 2.05) is 12.1 Å². The Kier molecular flexibility index (Phi) is 3.52. The molecular formula is C14H16O4S. The number of hydrogen-bond acceptors (Lipinski definition) is 4. The van der Waals surface area contributed by atoms with Crippen LogP contribution in [0.15, 0.2) is 28.9 Å². The Morgan fingerprint density at radius 3 is 2.53 bits per heavy atom. The van der Waals surface area contributed by atoms with E-state index in [1.165, 1.54) is 23.7 Å². The van der Waals surface area contributed by atoms with Crippen molar-refractivity contribution in [3.63, 3.8) is 0 Å². The van der Waals surface area contributed by atoms with E-state index in [0.717, 1.165) is 4.88 Å². The van der Waals surface area contributed by atoms with E-state index in [4.69, 9.17) is 9.52 Å². The third-order valence-corrected chi connectivity index (χ3v) is 4.37. The molecule has 2 aromatic heterocycles. The Morgan fingerprint density at radius 1 is 1.32 bits per heavy atom. The van der Waals surface area contributed by atoms with Gasteiger partial charge in [-0.2, -0.15) is 0 Å². The van der Waals surface area contributed by atoms with Crippen LogP contribution in [0.5, 0.6) is 0 Å². The molecule has 0 saturated heterocycles. The highest BCUT2D eigenvalue weighted by atomic mass is 32.1. The summed E-state index contributed by atoms with van der Waals surface area (Å²) in [6.07, 6.45) is 0.238. The number of hydrogen-bond donors (Lipinski definition) is 2. The zero-order valence-corrected chi connectivity index (χ0v) is 11.8. The van der Waals surface area contributed by atoms with Gasteiger partial charge in [-0.1, -0.05) is 20.8 Å². The lowest BCUT2D eigenvalue weighted by molar-refractivity contribution is 0.0688. The molecule has 19 heavy (non-hydrogen) atoms. The third-order valence-electron chi connectivity index (χ3n) is 2.81. The van der Waals surface area contributed by atoms with E-state index in [1.54, 1.807) is 0 Å². The lowest BCUT2D eigenvalue weighted by atomic mass is 9.95. The fraction of sp³-hybridized carbons (Fsp3) is 0.357. The second kappa shape index (κ2) is 4.83. The van der Waals surface area contributed by atoms with Gasteiger partial charge in [-0.05, 0) is 23.6 Å². The van der Waals surface area contributed by atoms with Gasteiger partial charge in [-0.3, -0.25) is 0 Å². The van der Waals surface area contributed by atoms with Gasteiger partial charge in [0.25, 0.3) is 0 Å². The van der Waals surface area contributed by atoms with Crippen LogP contribution in [0.1, 0.15) is 52.7 Å². The first-order valence-electron chi connectivity index (χ1n) is 5.89. The molecule has 1 atom stereocenters. The normalized spacial score (nSPS) is 13.5. The first-order valence-corrected chi connectivity index (χ1v) is 6.71. The van der Waals surface area contributed by atoms with Crippen molar-refractivity contribution >= 4 is 17.3 Å². The van der Waals surface area contributed by atoms with Crippen molar-refractivity contribution in [3.8, 4) is 0 Å². The molecule has 0 aromatic carbocycles. The van der Waals surface area contributed by atoms with E-state index < -0.39 is 12.1 Å². The van der Waals surface area contributed by atoms with Gasteiger partial charge in [0.1, 0.15) is 11.7 Å². The molecular weight excluding hydrogens is 264 g/mol. The van der Waals surface area contributed by atoms with Crippen LogP contribution < -0.4 is 0 Å². The quantitative estimate of drug-likeness (QED) is 0.903. The van der Waals surface area contributed by atoms with Crippen molar-refractivity contribution in [2.75, 3.05) is 0 Å². The molecule has 1 unspecified atom stereocenters. The summed E-state index contributed by atoms with van der Waals surface area (Å²) in [5.74, 6) is -1.02. The fourth-order valence-electron chi connectivity index (χ4n) is 1.74. The summed E-state index contributed by atoms with van der Waals surface area (Å²) in [6, 6.07) is 5.11. The second-order valence-corrected chi connectivity index (χ2v) is 6.47. The topological polar surface area (TPSA) is 70.7 Å². The van der Waals surface area contributed by atoms with Crippen LogP contribution in [-0.4, -0.2) is 16.2 Å². The Balaban J connectivity index is 2.34. The Hall–Kier alpha value is -1.59. The molecule has 2 aromatic rings. The molecule has 2 rings (SSSR count). The van der Waals surface area contributed by atoms with Crippen molar-refractivity contribution in [3.05, 3.63) is 45.5 Å². The molecule has 0 aliphatic carbocycles. The molecule has 0 aliphatic rings. The van der Waals surface area contributed by atoms with Crippen LogP contribution >= 0.6 is 11.3 Å². The van der Waals surface area contributed by atoms with E-state index >= 15 is 0 Å². The van der Waals surface area contributed by atoms with Crippen LogP contribution in [-0.2, 0) is 5.41 Å². The molecule has 0 spiro atoms. The molecule has 0 amide bonds. The minimum absolute atomic E-state index is 0.00142. The van der Waals surface area contributed by atoms with Gasteiger partial charge >= 0.3 is 5.97 Å². The van der Waals surface area contributed by atoms with Gasteiger partial charge in [-0.15, -0.1) is 11.3 Å². The van der Waals surface area contributed by atoms with Crippen LogP contribution in [0.25, 0.3) is 0 Å². The SMILES string of the molecule is CC(C)(C)c1ccc(C(O)c2occc2C(=O)O)s1. The zero-order valence-electron chi connectivity index (χ0n) is 11.0. The lowest BCUT2D eigenvalue weighted by Crippen LogP contribution is -2.08. The maximum Gasteiger partial charge on any atom is 0.339 e. The minimum atomic E-state index is -1.10. The molecule has 2 N–H and O–H groups in total. The maximum absolute atomic E-state index is 11.0. The molecule has 5 heteroatoms. The van der Waals surface area contributed by atoms with Crippen LogP contribution in [0.3, 0.4) is 0 Å². The van der Waals surface area contributed by atoms with Crippen molar-refractivity contribution in [2.45, 2.75) is 32.3 Å². The summed E-state index contributed by atoms with van der Waals surface area (Å²) in [4.78, 5) is 12.8. The third kappa shape index (κ3) is 2.72. The van der Waals surface area contributed by atoms with Crippen molar-refractivity contribution in [1.82, 2.24) is 0 Å². The second-order valence-electron chi connectivity index (χ2n) is 5.36. The number of aliphatic hydroxyl groups excluding tert-OH is 1. The van der Waals surface area contributed by atoms with E-state index in [-0.39, 0.29) is 16.7 Å². The van der Waals surface area contributed by atoms with Crippen LogP contribution in [0.2, 0.25) is 0 Å². The first-order chi connectivity index (χ1) is 8.80. The molecule has 0 fully saturated rings. The smallest absolute Gasteiger partial charge is 0.339 e. The number of carbonyl (C=O) groups is 1. The number of carboxylic acids is 1. The minimum Gasteiger partial charge on any atom is -0.478 e. The van der Waals surface area contributed by atoms with Gasteiger partial charge in [0.2, 0.25) is 0 Å².